The highest BCUT2D eigenvalue weighted by Gasteiger charge is 2.42. The zero-order valence-corrected chi connectivity index (χ0v) is 18.0. The summed E-state index contributed by atoms with van der Waals surface area (Å²) in [5.41, 5.74) is 0. The van der Waals surface area contributed by atoms with Crippen molar-refractivity contribution in [3.63, 3.8) is 0 Å². The summed E-state index contributed by atoms with van der Waals surface area (Å²) in [5.74, 6) is -0.633. The van der Waals surface area contributed by atoms with Crippen LogP contribution in [0.4, 0.5) is 0 Å². The zero-order chi connectivity index (χ0) is 20.5. The Labute approximate surface area is 169 Å². The van der Waals surface area contributed by atoms with Gasteiger partial charge in [-0.25, -0.2) is 9.59 Å². The molecule has 28 heavy (non-hydrogen) atoms. The van der Waals surface area contributed by atoms with Crippen LogP contribution in [0.15, 0.2) is 0 Å². The summed E-state index contributed by atoms with van der Waals surface area (Å²) >= 11 is 0. The topological polar surface area (TPSA) is 71.1 Å². The molecule has 0 N–H and O–H groups in total. The molecule has 0 aliphatic heterocycles. The molecule has 162 valence electrons. The van der Waals surface area contributed by atoms with E-state index in [0.29, 0.717) is 13.2 Å². The van der Waals surface area contributed by atoms with Crippen LogP contribution in [-0.4, -0.2) is 49.6 Å². The van der Waals surface area contributed by atoms with Crippen LogP contribution < -0.4 is 0 Å². The molecule has 2 aliphatic rings. The molecule has 0 aromatic carbocycles. The van der Waals surface area contributed by atoms with Crippen molar-refractivity contribution >= 4 is 11.9 Å². The van der Waals surface area contributed by atoms with Crippen LogP contribution in [-0.2, 0) is 28.5 Å². The van der Waals surface area contributed by atoms with Gasteiger partial charge in [-0.3, -0.25) is 0 Å². The maximum atomic E-state index is 12.9. The molecule has 6 nitrogen and oxygen atoms in total. The van der Waals surface area contributed by atoms with Gasteiger partial charge in [-0.1, -0.05) is 53.4 Å². The molecule has 2 atom stereocenters. The Morgan fingerprint density at radius 2 is 1.00 bits per heavy atom. The van der Waals surface area contributed by atoms with Crippen LogP contribution in [0.1, 0.15) is 79.1 Å². The third kappa shape index (κ3) is 7.70. The summed E-state index contributed by atoms with van der Waals surface area (Å²) in [6.45, 7) is 8.49. The number of ether oxygens (including phenoxy) is 4. The third-order valence-corrected chi connectivity index (χ3v) is 5.14. The van der Waals surface area contributed by atoms with Crippen LogP contribution in [0.5, 0.6) is 0 Å². The second-order valence-corrected chi connectivity index (χ2v) is 8.97. The lowest BCUT2D eigenvalue weighted by atomic mass is 10.1. The van der Waals surface area contributed by atoms with Gasteiger partial charge in [0.15, 0.2) is 12.2 Å². The highest BCUT2D eigenvalue weighted by Crippen LogP contribution is 2.28. The number of hydrogen-bond donors (Lipinski definition) is 0. The fourth-order valence-corrected chi connectivity index (χ4v) is 3.63. The van der Waals surface area contributed by atoms with Crippen LogP contribution in [0.2, 0.25) is 0 Å². The minimum Gasteiger partial charge on any atom is -0.463 e. The maximum absolute atomic E-state index is 12.9. The fourth-order valence-electron chi connectivity index (χ4n) is 3.63. The van der Waals surface area contributed by atoms with Crippen molar-refractivity contribution in [1.82, 2.24) is 0 Å². The zero-order valence-electron chi connectivity index (χ0n) is 18.0. The quantitative estimate of drug-likeness (QED) is 0.489. The number of esters is 2. The Morgan fingerprint density at radius 3 is 1.29 bits per heavy atom. The highest BCUT2D eigenvalue weighted by atomic mass is 16.6. The smallest absolute Gasteiger partial charge is 0.338 e. The first-order valence-electron chi connectivity index (χ1n) is 11.0. The van der Waals surface area contributed by atoms with Gasteiger partial charge in [0.25, 0.3) is 0 Å². The van der Waals surface area contributed by atoms with Gasteiger partial charge in [0.2, 0.25) is 0 Å². The van der Waals surface area contributed by atoms with E-state index in [1.165, 1.54) is 0 Å². The van der Waals surface area contributed by atoms with Crippen LogP contribution in [0.3, 0.4) is 0 Å². The summed E-state index contributed by atoms with van der Waals surface area (Å²) in [6, 6.07) is 0. The molecule has 2 saturated carbocycles. The molecule has 0 radical (unpaired) electrons. The van der Waals surface area contributed by atoms with E-state index >= 15 is 0 Å². The normalized spacial score (nSPS) is 20.6. The van der Waals surface area contributed by atoms with Gasteiger partial charge in [-0.2, -0.15) is 0 Å². The maximum Gasteiger partial charge on any atom is 0.338 e. The standard InChI is InChI=1S/C22H38O6/c1-15(2)13-25-21(23)19(27-17-9-5-6-10-17)20(22(24)26-14-16(3)4)28-18-11-7-8-12-18/h15-20H,5-14H2,1-4H3. The molecular weight excluding hydrogens is 360 g/mol. The van der Waals surface area contributed by atoms with Gasteiger partial charge in [-0.15, -0.1) is 0 Å². The largest absolute Gasteiger partial charge is 0.463 e. The Balaban J connectivity index is 2.14. The van der Waals surface area contributed by atoms with Gasteiger partial charge in [0.05, 0.1) is 25.4 Å². The summed E-state index contributed by atoms with van der Waals surface area (Å²) in [7, 11) is 0. The van der Waals surface area contributed by atoms with E-state index in [1.54, 1.807) is 0 Å². The van der Waals surface area contributed by atoms with Crippen molar-refractivity contribution in [2.45, 2.75) is 103 Å². The van der Waals surface area contributed by atoms with E-state index in [9.17, 15) is 9.59 Å². The second kappa shape index (κ2) is 11.8. The molecule has 2 aliphatic carbocycles. The van der Waals surface area contributed by atoms with Crippen molar-refractivity contribution in [2.75, 3.05) is 13.2 Å². The lowest BCUT2D eigenvalue weighted by Crippen LogP contribution is -2.48. The fraction of sp³-hybridized carbons (Fsp3) is 0.909. The number of hydrogen-bond acceptors (Lipinski definition) is 6. The lowest BCUT2D eigenvalue weighted by Gasteiger charge is -2.29. The van der Waals surface area contributed by atoms with E-state index in [4.69, 9.17) is 18.9 Å². The Hall–Kier alpha value is -1.14. The van der Waals surface area contributed by atoms with Crippen LogP contribution in [0, 0.1) is 11.8 Å². The molecule has 0 amide bonds. The molecule has 2 rings (SSSR count). The average Bonchev–Trinajstić information content (AvgIpc) is 3.34. The summed E-state index contributed by atoms with van der Waals surface area (Å²) in [5, 5.41) is 0. The molecule has 0 heterocycles. The Morgan fingerprint density at radius 1 is 0.679 bits per heavy atom. The van der Waals surface area contributed by atoms with Crippen molar-refractivity contribution in [2.24, 2.45) is 11.8 Å². The molecule has 0 saturated heterocycles. The first kappa shape index (κ1) is 23.1. The Bertz CT molecular complexity index is 433. The number of carbonyl (C=O) groups excluding carboxylic acids is 2. The summed E-state index contributed by atoms with van der Waals surface area (Å²) in [6.07, 6.45) is 5.66. The van der Waals surface area contributed by atoms with E-state index < -0.39 is 24.1 Å². The Kier molecular flexibility index (Phi) is 9.72. The molecule has 0 aromatic rings. The number of carbonyl (C=O) groups is 2. The first-order chi connectivity index (χ1) is 13.4. The van der Waals surface area contributed by atoms with E-state index in [0.717, 1.165) is 51.4 Å². The summed E-state index contributed by atoms with van der Waals surface area (Å²) in [4.78, 5) is 25.7. The van der Waals surface area contributed by atoms with E-state index in [2.05, 4.69) is 0 Å². The van der Waals surface area contributed by atoms with Crippen LogP contribution >= 0.6 is 0 Å². The van der Waals surface area contributed by atoms with Gasteiger partial charge in [-0.05, 0) is 37.5 Å². The molecule has 0 spiro atoms. The highest BCUT2D eigenvalue weighted by molar-refractivity contribution is 5.85. The SMILES string of the molecule is CC(C)COC(=O)C(OC1CCCC1)C(OC1CCCC1)C(=O)OCC(C)C. The van der Waals surface area contributed by atoms with Gasteiger partial charge in [0, 0.05) is 0 Å². The molecule has 0 aromatic heterocycles. The van der Waals surface area contributed by atoms with Gasteiger partial charge >= 0.3 is 11.9 Å². The molecule has 2 unspecified atom stereocenters. The van der Waals surface area contributed by atoms with Crippen molar-refractivity contribution in [3.8, 4) is 0 Å². The predicted molar refractivity (Wildman–Crippen MR) is 106 cm³/mol. The van der Waals surface area contributed by atoms with Gasteiger partial charge < -0.3 is 18.9 Å². The predicted octanol–water partition coefficient (Wildman–Crippen LogP) is 4.04. The number of rotatable bonds is 11. The third-order valence-electron chi connectivity index (χ3n) is 5.14. The van der Waals surface area contributed by atoms with Crippen molar-refractivity contribution in [1.29, 1.82) is 0 Å². The molecule has 0 bridgehead atoms. The summed E-state index contributed by atoms with van der Waals surface area (Å²) < 4.78 is 23.1. The van der Waals surface area contributed by atoms with Gasteiger partial charge in [0.1, 0.15) is 0 Å². The van der Waals surface area contributed by atoms with Crippen molar-refractivity contribution < 1.29 is 28.5 Å². The minimum atomic E-state index is -1.07. The first-order valence-corrected chi connectivity index (χ1v) is 11.0. The minimum absolute atomic E-state index is 0.0378. The lowest BCUT2D eigenvalue weighted by molar-refractivity contribution is -0.194. The molecule has 6 heteroatoms. The van der Waals surface area contributed by atoms with E-state index in [1.807, 2.05) is 27.7 Å². The molecular formula is C22H38O6. The van der Waals surface area contributed by atoms with Crippen LogP contribution in [0.25, 0.3) is 0 Å². The average molecular weight is 399 g/mol. The molecule has 2 fully saturated rings. The second-order valence-electron chi connectivity index (χ2n) is 8.97. The van der Waals surface area contributed by atoms with Crippen molar-refractivity contribution in [3.05, 3.63) is 0 Å². The monoisotopic (exact) mass is 398 g/mol. The van der Waals surface area contributed by atoms with E-state index in [-0.39, 0.29) is 24.0 Å².